The first kappa shape index (κ1) is 12.7. The van der Waals surface area contributed by atoms with Gasteiger partial charge < -0.3 is 0 Å². The second-order valence-corrected chi connectivity index (χ2v) is 5.26. The van der Waals surface area contributed by atoms with Crippen LogP contribution in [-0.4, -0.2) is 26.2 Å². The summed E-state index contributed by atoms with van der Waals surface area (Å²) in [6, 6.07) is 3.85. The van der Waals surface area contributed by atoms with Crippen molar-refractivity contribution in [1.29, 1.82) is 0 Å². The molecule has 3 heteroatoms. The summed E-state index contributed by atoms with van der Waals surface area (Å²) in [5.74, 6) is 0.244. The zero-order valence-corrected chi connectivity index (χ0v) is 10.7. The quantitative estimate of drug-likeness (QED) is 0.361. The van der Waals surface area contributed by atoms with Crippen LogP contribution in [0, 0.1) is 5.92 Å². The van der Waals surface area contributed by atoms with Crippen LogP contribution in [0.2, 0.25) is 0 Å². The molecule has 88 valence electrons. The molecule has 1 aromatic heterocycles. The molecule has 1 aromatic rings. The van der Waals surface area contributed by atoms with Crippen LogP contribution in [0.4, 0.5) is 0 Å². The van der Waals surface area contributed by atoms with Gasteiger partial charge in [-0.25, -0.2) is 0 Å². The number of aromatic nitrogens is 1. The maximum atomic E-state index is 10.2. The highest BCUT2D eigenvalue weighted by Gasteiger charge is 2.31. The Morgan fingerprint density at radius 1 is 1.38 bits per heavy atom. The van der Waals surface area contributed by atoms with E-state index >= 15 is 0 Å². The standard InChI is InChI=1S/C13H21N2O/c1-10(2)12(15(16)13(3,4)5)11-7-6-8-14-9-11/h6-10,16H,1-5H3/q+1. The molecule has 0 aliphatic heterocycles. The fourth-order valence-electron chi connectivity index (χ4n) is 1.58. The van der Waals surface area contributed by atoms with Crippen molar-refractivity contribution in [2.45, 2.75) is 40.2 Å². The summed E-state index contributed by atoms with van der Waals surface area (Å²) in [6.45, 7) is 10.1. The van der Waals surface area contributed by atoms with E-state index in [1.54, 1.807) is 12.4 Å². The average Bonchev–Trinajstić information content (AvgIpc) is 2.17. The molecule has 1 rings (SSSR count). The molecule has 16 heavy (non-hydrogen) atoms. The van der Waals surface area contributed by atoms with Gasteiger partial charge in [-0.15, -0.1) is 0 Å². The molecule has 0 saturated heterocycles. The van der Waals surface area contributed by atoms with E-state index in [1.807, 2.05) is 32.9 Å². The van der Waals surface area contributed by atoms with E-state index in [-0.39, 0.29) is 11.5 Å². The van der Waals surface area contributed by atoms with Crippen LogP contribution < -0.4 is 0 Å². The molecule has 0 fully saturated rings. The molecule has 1 heterocycles. The first-order valence-electron chi connectivity index (χ1n) is 5.60. The van der Waals surface area contributed by atoms with Crippen molar-refractivity contribution >= 4 is 5.71 Å². The maximum Gasteiger partial charge on any atom is 0.239 e. The third-order valence-electron chi connectivity index (χ3n) is 2.37. The first-order chi connectivity index (χ1) is 7.34. The Morgan fingerprint density at radius 2 is 2.00 bits per heavy atom. The Morgan fingerprint density at radius 3 is 2.38 bits per heavy atom. The summed E-state index contributed by atoms with van der Waals surface area (Å²) >= 11 is 0. The van der Waals surface area contributed by atoms with Gasteiger partial charge in [-0.1, -0.05) is 13.8 Å². The highest BCUT2D eigenvalue weighted by molar-refractivity contribution is 5.97. The van der Waals surface area contributed by atoms with E-state index in [4.69, 9.17) is 0 Å². The van der Waals surface area contributed by atoms with Gasteiger partial charge in [-0.2, -0.15) is 0 Å². The summed E-state index contributed by atoms with van der Waals surface area (Å²) in [5, 5.41) is 10.2. The molecule has 0 aliphatic carbocycles. The normalized spacial score (nSPS) is 13.9. The van der Waals surface area contributed by atoms with Crippen LogP contribution in [-0.2, 0) is 0 Å². The minimum atomic E-state index is -0.310. The number of pyridine rings is 1. The lowest BCUT2D eigenvalue weighted by Gasteiger charge is -2.15. The first-order valence-corrected chi connectivity index (χ1v) is 5.60. The lowest BCUT2D eigenvalue weighted by Crippen LogP contribution is -2.37. The monoisotopic (exact) mass is 221 g/mol. The molecule has 0 aromatic carbocycles. The predicted octanol–water partition coefficient (Wildman–Crippen LogP) is 2.73. The number of hydrogen-bond acceptors (Lipinski definition) is 2. The zero-order chi connectivity index (χ0) is 12.3. The van der Waals surface area contributed by atoms with Gasteiger partial charge >= 0.3 is 0 Å². The fraction of sp³-hybridized carbons (Fsp3) is 0.538. The Hall–Kier alpha value is -1.38. The molecule has 0 spiro atoms. The molecule has 1 N–H and O–H groups in total. The predicted molar refractivity (Wildman–Crippen MR) is 65.0 cm³/mol. The highest BCUT2D eigenvalue weighted by Crippen LogP contribution is 2.13. The zero-order valence-electron chi connectivity index (χ0n) is 10.7. The van der Waals surface area contributed by atoms with Gasteiger partial charge in [0.25, 0.3) is 0 Å². The lowest BCUT2D eigenvalue weighted by atomic mass is 9.99. The summed E-state index contributed by atoms with van der Waals surface area (Å²) in [6.07, 6.45) is 3.52. The fourth-order valence-corrected chi connectivity index (χ4v) is 1.58. The second kappa shape index (κ2) is 4.64. The molecular formula is C13H21N2O+. The van der Waals surface area contributed by atoms with E-state index in [0.29, 0.717) is 0 Å². The Balaban J connectivity index is 3.31. The topological polar surface area (TPSA) is 36.1 Å². The van der Waals surface area contributed by atoms with Gasteiger partial charge in [-0.3, -0.25) is 10.2 Å². The number of nitrogens with zero attached hydrogens (tertiary/aromatic N) is 2. The molecule has 3 nitrogen and oxygen atoms in total. The van der Waals surface area contributed by atoms with Crippen LogP contribution >= 0.6 is 0 Å². The minimum Gasteiger partial charge on any atom is -0.290 e. The van der Waals surface area contributed by atoms with E-state index in [0.717, 1.165) is 11.3 Å². The third kappa shape index (κ3) is 2.81. The van der Waals surface area contributed by atoms with Crippen LogP contribution in [0.15, 0.2) is 24.5 Å². The summed E-state index contributed by atoms with van der Waals surface area (Å²) < 4.78 is 1.34. The molecular weight excluding hydrogens is 200 g/mol. The van der Waals surface area contributed by atoms with Crippen molar-refractivity contribution in [2.75, 3.05) is 0 Å². The molecule has 0 radical (unpaired) electrons. The van der Waals surface area contributed by atoms with Gasteiger partial charge in [0.05, 0.1) is 5.56 Å². The van der Waals surface area contributed by atoms with Crippen LogP contribution in [0.25, 0.3) is 0 Å². The van der Waals surface area contributed by atoms with Crippen molar-refractivity contribution in [2.24, 2.45) is 5.92 Å². The van der Waals surface area contributed by atoms with Gasteiger partial charge in [0.15, 0.2) is 0 Å². The second-order valence-electron chi connectivity index (χ2n) is 5.26. The summed E-state index contributed by atoms with van der Waals surface area (Å²) in [4.78, 5) is 4.09. The molecule has 0 saturated carbocycles. The lowest BCUT2D eigenvalue weighted by molar-refractivity contribution is -0.820. The Bertz CT molecular complexity index is 375. The molecule has 0 unspecified atom stereocenters. The highest BCUT2D eigenvalue weighted by atomic mass is 16.5. The SMILES string of the molecule is CC(C)C(c1cccnc1)=[N+](O)C(C)(C)C. The van der Waals surface area contributed by atoms with Crippen molar-refractivity contribution < 1.29 is 9.95 Å². The smallest absolute Gasteiger partial charge is 0.239 e. The molecule has 0 aliphatic rings. The Kier molecular flexibility index (Phi) is 3.68. The van der Waals surface area contributed by atoms with Crippen LogP contribution in [0.1, 0.15) is 40.2 Å². The number of hydroxylamine groups is 1. The Labute approximate surface area is 97.4 Å². The summed E-state index contributed by atoms with van der Waals surface area (Å²) in [5.41, 5.74) is 1.56. The maximum absolute atomic E-state index is 10.2. The van der Waals surface area contributed by atoms with Crippen LogP contribution in [0.3, 0.4) is 0 Å². The van der Waals surface area contributed by atoms with Crippen molar-refractivity contribution in [1.82, 2.24) is 4.98 Å². The van der Waals surface area contributed by atoms with Gasteiger partial charge in [0.1, 0.15) is 0 Å². The molecule has 0 bridgehead atoms. The van der Waals surface area contributed by atoms with Crippen LogP contribution in [0.5, 0.6) is 0 Å². The van der Waals surface area contributed by atoms with Crippen molar-refractivity contribution in [3.05, 3.63) is 30.1 Å². The third-order valence-corrected chi connectivity index (χ3v) is 2.37. The summed E-state index contributed by atoms with van der Waals surface area (Å²) in [7, 11) is 0. The minimum absolute atomic E-state index is 0.244. The van der Waals surface area contributed by atoms with E-state index in [1.165, 1.54) is 4.74 Å². The van der Waals surface area contributed by atoms with Gasteiger partial charge in [0, 0.05) is 39.1 Å². The molecule has 0 atom stereocenters. The van der Waals surface area contributed by atoms with Crippen molar-refractivity contribution in [3.63, 3.8) is 0 Å². The van der Waals surface area contributed by atoms with E-state index < -0.39 is 0 Å². The van der Waals surface area contributed by atoms with E-state index in [9.17, 15) is 5.21 Å². The number of hydrogen-bond donors (Lipinski definition) is 1. The largest absolute Gasteiger partial charge is 0.290 e. The van der Waals surface area contributed by atoms with Gasteiger partial charge in [-0.05, 0) is 16.9 Å². The average molecular weight is 221 g/mol. The van der Waals surface area contributed by atoms with E-state index in [2.05, 4.69) is 18.8 Å². The van der Waals surface area contributed by atoms with Crippen molar-refractivity contribution in [3.8, 4) is 0 Å². The van der Waals surface area contributed by atoms with Gasteiger partial charge in [0.2, 0.25) is 11.3 Å². The molecule has 0 amide bonds. The number of rotatable bonds is 2.